The van der Waals surface area contributed by atoms with Crippen molar-refractivity contribution < 1.29 is 4.74 Å². The Kier molecular flexibility index (Phi) is 4.63. The maximum atomic E-state index is 5.27. The second-order valence-electron chi connectivity index (χ2n) is 7.47. The molecule has 0 aliphatic rings. The SMILES string of the molecule is COc1ccc(-c2cc(C(C)(C)C)cc(-c3ccc(C)cc3)n2)cc1. The van der Waals surface area contributed by atoms with Gasteiger partial charge in [0, 0.05) is 11.1 Å². The van der Waals surface area contributed by atoms with Crippen molar-refractivity contribution in [2.45, 2.75) is 33.1 Å². The number of methoxy groups -OCH3 is 1. The lowest BCUT2D eigenvalue weighted by Gasteiger charge is -2.21. The van der Waals surface area contributed by atoms with Crippen molar-refractivity contribution in [2.24, 2.45) is 0 Å². The van der Waals surface area contributed by atoms with Crippen LogP contribution in [0.15, 0.2) is 60.7 Å². The molecule has 2 aromatic carbocycles. The van der Waals surface area contributed by atoms with Gasteiger partial charge in [0.2, 0.25) is 0 Å². The fraction of sp³-hybridized carbons (Fsp3) is 0.261. The molecular formula is C23H25NO. The number of benzene rings is 2. The molecule has 0 radical (unpaired) electrons. The fourth-order valence-corrected chi connectivity index (χ4v) is 2.75. The summed E-state index contributed by atoms with van der Waals surface area (Å²) in [5.41, 5.74) is 6.84. The number of ether oxygens (including phenoxy) is 1. The molecule has 0 aliphatic carbocycles. The van der Waals surface area contributed by atoms with Crippen LogP contribution in [0.1, 0.15) is 31.9 Å². The molecule has 0 fully saturated rings. The first-order valence-corrected chi connectivity index (χ1v) is 8.61. The first-order valence-electron chi connectivity index (χ1n) is 8.61. The molecule has 0 saturated heterocycles. The average Bonchev–Trinajstić information content (AvgIpc) is 2.61. The second kappa shape index (κ2) is 6.72. The van der Waals surface area contributed by atoms with Gasteiger partial charge in [-0.05, 0) is 54.3 Å². The molecule has 2 nitrogen and oxygen atoms in total. The van der Waals surface area contributed by atoms with Gasteiger partial charge >= 0.3 is 0 Å². The number of nitrogens with zero attached hydrogens (tertiary/aromatic N) is 1. The van der Waals surface area contributed by atoms with E-state index in [1.54, 1.807) is 7.11 Å². The summed E-state index contributed by atoms with van der Waals surface area (Å²) in [5.74, 6) is 0.856. The number of pyridine rings is 1. The van der Waals surface area contributed by atoms with Crippen LogP contribution in [0, 0.1) is 6.92 Å². The Bertz CT molecular complexity index is 856. The summed E-state index contributed by atoms with van der Waals surface area (Å²) in [6.07, 6.45) is 0. The maximum Gasteiger partial charge on any atom is 0.118 e. The van der Waals surface area contributed by atoms with Gasteiger partial charge in [-0.3, -0.25) is 0 Å². The third-order valence-electron chi connectivity index (χ3n) is 4.42. The highest BCUT2D eigenvalue weighted by Crippen LogP contribution is 2.31. The lowest BCUT2D eigenvalue weighted by molar-refractivity contribution is 0.415. The molecule has 2 heteroatoms. The zero-order chi connectivity index (χ0) is 18.0. The summed E-state index contributed by atoms with van der Waals surface area (Å²) in [7, 11) is 1.68. The predicted octanol–water partition coefficient (Wildman–Crippen LogP) is 6.03. The largest absolute Gasteiger partial charge is 0.497 e. The van der Waals surface area contributed by atoms with Crippen LogP contribution in [0.3, 0.4) is 0 Å². The molecule has 0 saturated carbocycles. The standard InChI is InChI=1S/C23H25NO/c1-16-6-8-17(9-7-16)21-14-19(23(2,3)4)15-22(24-21)18-10-12-20(25-5)13-11-18/h6-15H,1-5H3. The summed E-state index contributed by atoms with van der Waals surface area (Å²) in [4.78, 5) is 4.93. The molecule has 0 unspecified atom stereocenters. The Labute approximate surface area is 150 Å². The van der Waals surface area contributed by atoms with Gasteiger partial charge in [0.1, 0.15) is 5.75 Å². The Hall–Kier alpha value is -2.61. The van der Waals surface area contributed by atoms with Crippen LogP contribution < -0.4 is 4.74 Å². The van der Waals surface area contributed by atoms with Crippen LogP contribution in [0.2, 0.25) is 0 Å². The number of rotatable bonds is 3. The molecule has 1 aromatic heterocycles. The van der Waals surface area contributed by atoms with Crippen LogP contribution in [0.25, 0.3) is 22.5 Å². The normalized spacial score (nSPS) is 11.4. The molecule has 0 atom stereocenters. The van der Waals surface area contributed by atoms with E-state index in [1.165, 1.54) is 11.1 Å². The average molecular weight is 331 g/mol. The first-order chi connectivity index (χ1) is 11.9. The smallest absolute Gasteiger partial charge is 0.118 e. The van der Waals surface area contributed by atoms with E-state index in [2.05, 4.69) is 76.2 Å². The van der Waals surface area contributed by atoms with Crippen molar-refractivity contribution in [3.63, 3.8) is 0 Å². The number of hydrogen-bond acceptors (Lipinski definition) is 2. The minimum absolute atomic E-state index is 0.0591. The summed E-state index contributed by atoms with van der Waals surface area (Å²) >= 11 is 0. The number of aryl methyl sites for hydroxylation is 1. The number of hydrogen-bond donors (Lipinski definition) is 0. The van der Waals surface area contributed by atoms with Crippen molar-refractivity contribution >= 4 is 0 Å². The summed E-state index contributed by atoms with van der Waals surface area (Å²) in [6.45, 7) is 8.81. The molecular weight excluding hydrogens is 306 g/mol. The lowest BCUT2D eigenvalue weighted by atomic mass is 9.85. The minimum atomic E-state index is 0.0591. The molecule has 3 rings (SSSR count). The Balaban J connectivity index is 2.14. The minimum Gasteiger partial charge on any atom is -0.497 e. The summed E-state index contributed by atoms with van der Waals surface area (Å²) in [6, 6.07) is 21.0. The maximum absolute atomic E-state index is 5.27. The highest BCUT2D eigenvalue weighted by Gasteiger charge is 2.17. The van der Waals surface area contributed by atoms with Gasteiger partial charge in [-0.25, -0.2) is 4.98 Å². The van der Waals surface area contributed by atoms with Gasteiger partial charge in [-0.2, -0.15) is 0 Å². The number of aromatic nitrogens is 1. The molecule has 0 amide bonds. The van der Waals surface area contributed by atoms with Gasteiger partial charge in [-0.15, -0.1) is 0 Å². The van der Waals surface area contributed by atoms with E-state index < -0.39 is 0 Å². The third kappa shape index (κ3) is 3.90. The quantitative estimate of drug-likeness (QED) is 0.584. The zero-order valence-corrected chi connectivity index (χ0v) is 15.6. The molecule has 0 aliphatic heterocycles. The van der Waals surface area contributed by atoms with Crippen LogP contribution in [0.5, 0.6) is 5.75 Å². The van der Waals surface area contributed by atoms with Crippen molar-refractivity contribution in [1.82, 2.24) is 4.98 Å². The van der Waals surface area contributed by atoms with Gasteiger partial charge in [0.05, 0.1) is 18.5 Å². The Morgan fingerprint density at radius 3 is 1.68 bits per heavy atom. The van der Waals surface area contributed by atoms with Gasteiger partial charge in [0.15, 0.2) is 0 Å². The Morgan fingerprint density at radius 2 is 1.24 bits per heavy atom. The molecule has 3 aromatic rings. The molecule has 128 valence electrons. The van der Waals surface area contributed by atoms with Crippen LogP contribution in [0.4, 0.5) is 0 Å². The lowest BCUT2D eigenvalue weighted by Crippen LogP contribution is -2.12. The van der Waals surface area contributed by atoms with Crippen LogP contribution >= 0.6 is 0 Å². The first kappa shape index (κ1) is 17.2. The van der Waals surface area contributed by atoms with Gasteiger partial charge in [-0.1, -0.05) is 50.6 Å². The third-order valence-corrected chi connectivity index (χ3v) is 4.42. The fourth-order valence-electron chi connectivity index (χ4n) is 2.75. The van der Waals surface area contributed by atoms with Gasteiger partial charge < -0.3 is 4.74 Å². The molecule has 0 N–H and O–H groups in total. The van der Waals surface area contributed by atoms with Crippen molar-refractivity contribution in [2.75, 3.05) is 7.11 Å². The van der Waals surface area contributed by atoms with Crippen molar-refractivity contribution in [3.05, 3.63) is 71.8 Å². The second-order valence-corrected chi connectivity index (χ2v) is 7.47. The van der Waals surface area contributed by atoms with E-state index in [4.69, 9.17) is 9.72 Å². The zero-order valence-electron chi connectivity index (χ0n) is 15.6. The van der Waals surface area contributed by atoms with Gasteiger partial charge in [0.25, 0.3) is 0 Å². The molecule has 25 heavy (non-hydrogen) atoms. The van der Waals surface area contributed by atoms with Crippen LogP contribution in [-0.2, 0) is 5.41 Å². The predicted molar refractivity (Wildman–Crippen MR) is 105 cm³/mol. The van der Waals surface area contributed by atoms with E-state index in [1.807, 2.05) is 12.1 Å². The summed E-state index contributed by atoms with van der Waals surface area (Å²) in [5, 5.41) is 0. The van der Waals surface area contributed by atoms with Crippen molar-refractivity contribution in [3.8, 4) is 28.3 Å². The summed E-state index contributed by atoms with van der Waals surface area (Å²) < 4.78 is 5.27. The Morgan fingerprint density at radius 1 is 0.760 bits per heavy atom. The monoisotopic (exact) mass is 331 g/mol. The van der Waals surface area contributed by atoms with E-state index in [-0.39, 0.29) is 5.41 Å². The topological polar surface area (TPSA) is 22.1 Å². The van der Waals surface area contributed by atoms with Crippen molar-refractivity contribution in [1.29, 1.82) is 0 Å². The highest BCUT2D eigenvalue weighted by molar-refractivity contribution is 5.68. The molecule has 1 heterocycles. The molecule has 0 spiro atoms. The molecule has 0 bridgehead atoms. The van der Waals surface area contributed by atoms with Crippen LogP contribution in [-0.4, -0.2) is 12.1 Å². The highest BCUT2D eigenvalue weighted by atomic mass is 16.5. The van der Waals surface area contributed by atoms with E-state index >= 15 is 0 Å². The van der Waals surface area contributed by atoms with E-state index in [0.29, 0.717) is 0 Å². The van der Waals surface area contributed by atoms with E-state index in [9.17, 15) is 0 Å². The van der Waals surface area contributed by atoms with E-state index in [0.717, 1.165) is 28.3 Å².